The molecule has 210 valence electrons. The van der Waals surface area contributed by atoms with Gasteiger partial charge in [0.1, 0.15) is 35.7 Å². The first kappa shape index (κ1) is 26.6. The summed E-state index contributed by atoms with van der Waals surface area (Å²) in [6.45, 7) is 5.09. The highest BCUT2D eigenvalue weighted by molar-refractivity contribution is 6.04. The van der Waals surface area contributed by atoms with Gasteiger partial charge < -0.3 is 14.7 Å². The number of aromatic hydroxyl groups is 1. The average Bonchev–Trinajstić information content (AvgIpc) is 3.43. The molecule has 2 saturated heterocycles. The van der Waals surface area contributed by atoms with Crippen LogP contribution < -0.4 is 9.64 Å². The van der Waals surface area contributed by atoms with Gasteiger partial charge >= 0.3 is 6.01 Å². The number of phenolic OH excluding ortho intramolecular Hbond substituents is 1. The van der Waals surface area contributed by atoms with E-state index in [1.807, 2.05) is 27.1 Å². The van der Waals surface area contributed by atoms with Crippen LogP contribution in [-0.4, -0.2) is 65.5 Å². The second-order valence-corrected chi connectivity index (χ2v) is 11.3. The Balaban J connectivity index is 1.52. The molecule has 2 aliphatic rings. The van der Waals surface area contributed by atoms with Crippen molar-refractivity contribution in [1.29, 1.82) is 0 Å². The van der Waals surface area contributed by atoms with Gasteiger partial charge in [-0.1, -0.05) is 13.0 Å². The van der Waals surface area contributed by atoms with Gasteiger partial charge in [-0.15, -0.1) is 0 Å². The van der Waals surface area contributed by atoms with Gasteiger partial charge in [0, 0.05) is 38.0 Å². The number of anilines is 1. The summed E-state index contributed by atoms with van der Waals surface area (Å²) < 4.78 is 51.9. The number of ether oxygens (including phenoxy) is 1. The maximum Gasteiger partial charge on any atom is 0.319 e. The van der Waals surface area contributed by atoms with Gasteiger partial charge in [-0.25, -0.2) is 13.2 Å². The lowest BCUT2D eigenvalue weighted by Gasteiger charge is -2.31. The molecule has 9 heteroatoms. The van der Waals surface area contributed by atoms with Crippen molar-refractivity contribution >= 4 is 27.5 Å². The minimum Gasteiger partial charge on any atom is -0.508 e. The Morgan fingerprint density at radius 1 is 1.18 bits per heavy atom. The van der Waals surface area contributed by atoms with E-state index in [-0.39, 0.29) is 35.3 Å². The number of alkyl halides is 1. The van der Waals surface area contributed by atoms with Crippen LogP contribution in [0, 0.1) is 18.6 Å². The highest BCUT2D eigenvalue weighted by atomic mass is 19.1. The largest absolute Gasteiger partial charge is 0.508 e. The van der Waals surface area contributed by atoms with E-state index in [4.69, 9.17) is 4.74 Å². The summed E-state index contributed by atoms with van der Waals surface area (Å²) in [4.78, 5) is 13.0. The molecular weight excluding hydrogens is 517 g/mol. The second kappa shape index (κ2) is 9.80. The molecule has 2 aliphatic heterocycles. The molecule has 2 atom stereocenters. The van der Waals surface area contributed by atoms with E-state index >= 15 is 4.39 Å². The highest BCUT2D eigenvalue weighted by Crippen LogP contribution is 2.43. The van der Waals surface area contributed by atoms with Crippen LogP contribution in [0.15, 0.2) is 30.3 Å². The van der Waals surface area contributed by atoms with E-state index < -0.39 is 17.5 Å². The molecule has 3 aromatic carbocycles. The van der Waals surface area contributed by atoms with Crippen LogP contribution in [-0.2, 0) is 6.42 Å². The summed E-state index contributed by atoms with van der Waals surface area (Å²) in [5, 5.41) is 12.2. The lowest BCUT2D eigenvalue weighted by Crippen LogP contribution is -2.43. The summed E-state index contributed by atoms with van der Waals surface area (Å²) in [5.41, 5.74) is 1.36. The highest BCUT2D eigenvalue weighted by Gasteiger charge is 2.49. The van der Waals surface area contributed by atoms with Crippen molar-refractivity contribution in [3.05, 3.63) is 53.1 Å². The zero-order valence-corrected chi connectivity index (χ0v) is 23.2. The maximum absolute atomic E-state index is 16.6. The van der Waals surface area contributed by atoms with Crippen molar-refractivity contribution in [1.82, 2.24) is 14.9 Å². The van der Waals surface area contributed by atoms with Gasteiger partial charge in [-0.2, -0.15) is 9.97 Å². The Bertz CT molecular complexity index is 1640. The van der Waals surface area contributed by atoms with Crippen molar-refractivity contribution in [2.45, 2.75) is 51.2 Å². The number of hydrogen-bond acceptors (Lipinski definition) is 6. The monoisotopic (exact) mass is 550 g/mol. The van der Waals surface area contributed by atoms with Gasteiger partial charge in [-0.05, 0) is 84.5 Å². The Kier molecular flexibility index (Phi) is 6.52. The molecule has 0 unspecified atom stereocenters. The number of phenols is 1. The van der Waals surface area contributed by atoms with Crippen molar-refractivity contribution in [3.8, 4) is 22.9 Å². The third-order valence-corrected chi connectivity index (χ3v) is 8.52. The molecule has 4 aromatic rings. The Hall–Kier alpha value is -3.59. The zero-order valence-electron chi connectivity index (χ0n) is 23.2. The van der Waals surface area contributed by atoms with Gasteiger partial charge in [0.15, 0.2) is 5.82 Å². The first-order valence-corrected chi connectivity index (χ1v) is 13.8. The predicted molar refractivity (Wildman–Crippen MR) is 151 cm³/mol. The summed E-state index contributed by atoms with van der Waals surface area (Å²) >= 11 is 0. The minimum absolute atomic E-state index is 0.0227. The molecule has 2 fully saturated rings. The molecule has 0 bridgehead atoms. The molecule has 0 spiro atoms. The fourth-order valence-corrected chi connectivity index (χ4v) is 6.74. The van der Waals surface area contributed by atoms with Gasteiger partial charge in [0.05, 0.1) is 5.54 Å². The van der Waals surface area contributed by atoms with Crippen LogP contribution in [0.3, 0.4) is 0 Å². The van der Waals surface area contributed by atoms with Gasteiger partial charge in [0.2, 0.25) is 0 Å². The molecule has 0 radical (unpaired) electrons. The Morgan fingerprint density at radius 2 is 1.98 bits per heavy atom. The first-order chi connectivity index (χ1) is 19.1. The minimum atomic E-state index is -0.892. The Labute approximate surface area is 231 Å². The van der Waals surface area contributed by atoms with Gasteiger partial charge in [0.25, 0.3) is 0 Å². The number of fused-ring (bicyclic) bond motifs is 3. The van der Waals surface area contributed by atoms with E-state index in [0.29, 0.717) is 58.1 Å². The number of hydrogen-bond donors (Lipinski definition) is 1. The van der Waals surface area contributed by atoms with Gasteiger partial charge in [-0.3, -0.25) is 4.90 Å². The SMILES string of the molecule is CCc1c(F)ccc2cc(O)cc(-c3c(C)cc4c(N(C)C)nc(OC[C@@]56CCCN5C[C@H](F)C6)nc4c3F)c12. The van der Waals surface area contributed by atoms with Crippen LogP contribution in [0.1, 0.15) is 37.3 Å². The smallest absolute Gasteiger partial charge is 0.319 e. The maximum atomic E-state index is 16.6. The number of halogens is 3. The third kappa shape index (κ3) is 4.22. The molecule has 0 saturated carbocycles. The number of aryl methyl sites for hydroxylation is 2. The van der Waals surface area contributed by atoms with E-state index in [0.717, 1.165) is 19.4 Å². The number of aromatic nitrogens is 2. The molecule has 0 amide bonds. The van der Waals surface area contributed by atoms with Crippen molar-refractivity contribution < 1.29 is 23.0 Å². The fourth-order valence-electron chi connectivity index (χ4n) is 6.74. The van der Waals surface area contributed by atoms with E-state index in [1.54, 1.807) is 24.0 Å². The molecule has 0 aliphatic carbocycles. The van der Waals surface area contributed by atoms with Crippen LogP contribution in [0.4, 0.5) is 19.0 Å². The molecule has 6 rings (SSSR count). The number of nitrogens with zero attached hydrogens (tertiary/aromatic N) is 4. The number of rotatable bonds is 6. The van der Waals surface area contributed by atoms with Crippen molar-refractivity contribution in [2.24, 2.45) is 0 Å². The lowest BCUT2D eigenvalue weighted by molar-refractivity contribution is 0.107. The van der Waals surface area contributed by atoms with Crippen LogP contribution >= 0.6 is 0 Å². The average molecular weight is 551 g/mol. The Morgan fingerprint density at radius 3 is 2.73 bits per heavy atom. The lowest BCUT2D eigenvalue weighted by atomic mass is 9.89. The molecule has 40 heavy (non-hydrogen) atoms. The van der Waals surface area contributed by atoms with Crippen LogP contribution in [0.2, 0.25) is 0 Å². The van der Waals surface area contributed by atoms with Crippen LogP contribution in [0.25, 0.3) is 32.8 Å². The molecule has 1 N–H and O–H groups in total. The normalized spacial score (nSPS) is 20.9. The topological polar surface area (TPSA) is 61.7 Å². The fraction of sp³-hybridized carbons (Fsp3) is 0.419. The number of benzene rings is 3. The second-order valence-electron chi connectivity index (χ2n) is 11.3. The standard InChI is InChI=1S/C31H33F3N4O2/c1-5-21-24(33)8-7-18-12-20(39)13-22(26(18)21)25-17(2)11-23-28(27(25)34)35-30(36-29(23)37(3)4)40-16-31-9-6-10-38(31)15-19(32)14-31/h7-8,11-13,19,39H,5-6,9-10,14-16H2,1-4H3/t19-,31+/m1/s1. The summed E-state index contributed by atoms with van der Waals surface area (Å²) in [6.07, 6.45) is 1.72. The summed E-state index contributed by atoms with van der Waals surface area (Å²) in [5.74, 6) is -0.533. The van der Waals surface area contributed by atoms with E-state index in [2.05, 4.69) is 14.9 Å². The summed E-state index contributed by atoms with van der Waals surface area (Å²) in [7, 11) is 3.63. The molecule has 6 nitrogen and oxygen atoms in total. The molecular formula is C31H33F3N4O2. The van der Waals surface area contributed by atoms with Crippen molar-refractivity contribution in [3.63, 3.8) is 0 Å². The molecule has 3 heterocycles. The predicted octanol–water partition coefficient (Wildman–Crippen LogP) is 6.33. The zero-order chi connectivity index (χ0) is 28.3. The van der Waals surface area contributed by atoms with Crippen molar-refractivity contribution in [2.75, 3.05) is 38.7 Å². The quantitative estimate of drug-likeness (QED) is 0.303. The molecule has 1 aromatic heterocycles. The van der Waals surface area contributed by atoms with Crippen LogP contribution in [0.5, 0.6) is 11.8 Å². The third-order valence-electron chi connectivity index (χ3n) is 8.52. The van der Waals surface area contributed by atoms with E-state index in [9.17, 15) is 13.9 Å². The first-order valence-electron chi connectivity index (χ1n) is 13.8. The van der Waals surface area contributed by atoms with E-state index in [1.165, 1.54) is 12.1 Å². The summed E-state index contributed by atoms with van der Waals surface area (Å²) in [6, 6.07) is 7.83.